The zero-order valence-electron chi connectivity index (χ0n) is 13.1. The Hall–Kier alpha value is -2.34. The van der Waals surface area contributed by atoms with Gasteiger partial charge in [-0.2, -0.15) is 0 Å². The van der Waals surface area contributed by atoms with Gasteiger partial charge in [-0.15, -0.1) is 0 Å². The average molecular weight is 316 g/mol. The second-order valence-electron chi connectivity index (χ2n) is 5.90. The Morgan fingerprint density at radius 2 is 2.30 bits per heavy atom. The van der Waals surface area contributed by atoms with Gasteiger partial charge < -0.3 is 19.7 Å². The summed E-state index contributed by atoms with van der Waals surface area (Å²) in [5.74, 6) is 0.348. The molecule has 23 heavy (non-hydrogen) atoms. The number of nitrogens with zero attached hydrogens (tertiary/aromatic N) is 1. The summed E-state index contributed by atoms with van der Waals surface area (Å²) < 4.78 is 10.8. The molecule has 0 spiro atoms. The molecule has 2 aliphatic rings. The number of ether oxygens (including phenoxy) is 2. The van der Waals surface area contributed by atoms with Gasteiger partial charge in [0.1, 0.15) is 11.9 Å². The van der Waals surface area contributed by atoms with E-state index in [4.69, 9.17) is 9.47 Å². The van der Waals surface area contributed by atoms with Crippen LogP contribution in [0.4, 0.5) is 11.4 Å². The Morgan fingerprint density at radius 3 is 3.00 bits per heavy atom. The van der Waals surface area contributed by atoms with Gasteiger partial charge in [-0.3, -0.25) is 9.59 Å². The number of fused-ring (bicyclic) bond motifs is 1. The smallest absolute Gasteiger partial charge is 0.265 e. The van der Waals surface area contributed by atoms with Gasteiger partial charge in [0.15, 0.2) is 6.61 Å². The Balaban J connectivity index is 1.81. The van der Waals surface area contributed by atoms with E-state index in [1.807, 2.05) is 6.92 Å². The lowest BCUT2D eigenvalue weighted by atomic mass is 10.1. The molecule has 1 unspecified atom stereocenters. The number of amides is 2. The maximum Gasteiger partial charge on any atom is 0.265 e. The molecule has 0 saturated carbocycles. The van der Waals surface area contributed by atoms with Crippen LogP contribution in [0.2, 0.25) is 0 Å². The Bertz CT molecular complexity index is 650. The third-order valence-electron chi connectivity index (χ3n) is 3.82. The van der Waals surface area contributed by atoms with E-state index in [0.29, 0.717) is 30.3 Å². The largest absolute Gasteiger partial charge is 0.482 e. The van der Waals surface area contributed by atoms with Gasteiger partial charge in [-0.1, -0.05) is 12.2 Å². The molecule has 0 aromatic heterocycles. The van der Waals surface area contributed by atoms with Crippen molar-refractivity contribution in [3.8, 4) is 5.75 Å². The molecule has 122 valence electrons. The molecular formula is C17H20N2O4. The summed E-state index contributed by atoms with van der Waals surface area (Å²) >= 11 is 0. The molecule has 1 atom stereocenters. The summed E-state index contributed by atoms with van der Waals surface area (Å²) in [6, 6.07) is 5.28. The van der Waals surface area contributed by atoms with Gasteiger partial charge in [0, 0.05) is 18.8 Å². The number of nitrogens with one attached hydrogen (secondary N) is 1. The number of carbonyl (C=O) groups is 2. The molecule has 3 rings (SSSR count). The van der Waals surface area contributed by atoms with Crippen molar-refractivity contribution in [1.29, 1.82) is 0 Å². The fourth-order valence-corrected chi connectivity index (χ4v) is 2.73. The van der Waals surface area contributed by atoms with Crippen LogP contribution in [0, 0.1) is 0 Å². The highest BCUT2D eigenvalue weighted by Gasteiger charge is 2.27. The van der Waals surface area contributed by atoms with Crippen LogP contribution in [-0.4, -0.2) is 37.7 Å². The van der Waals surface area contributed by atoms with Crippen LogP contribution in [-0.2, 0) is 14.3 Å². The van der Waals surface area contributed by atoms with Crippen LogP contribution in [0.3, 0.4) is 0 Å². The molecule has 0 bridgehead atoms. The molecule has 1 aromatic carbocycles. The first kappa shape index (κ1) is 15.6. The van der Waals surface area contributed by atoms with E-state index in [-0.39, 0.29) is 18.4 Å². The summed E-state index contributed by atoms with van der Waals surface area (Å²) in [7, 11) is 0. The quantitative estimate of drug-likeness (QED) is 0.864. The predicted molar refractivity (Wildman–Crippen MR) is 86.7 cm³/mol. The third-order valence-corrected chi connectivity index (χ3v) is 3.82. The number of rotatable bonds is 4. The molecule has 1 aromatic rings. The summed E-state index contributed by atoms with van der Waals surface area (Å²) in [6.07, 6.45) is 1.24. The molecular weight excluding hydrogens is 296 g/mol. The van der Waals surface area contributed by atoms with Gasteiger partial charge in [0.05, 0.1) is 5.69 Å². The number of carbonyl (C=O) groups excluding carboxylic acids is 2. The normalized spacial score (nSPS) is 20.0. The van der Waals surface area contributed by atoms with Crippen LogP contribution in [0.1, 0.15) is 19.8 Å². The molecule has 2 amide bonds. The Morgan fingerprint density at radius 1 is 1.48 bits per heavy atom. The highest BCUT2D eigenvalue weighted by Crippen LogP contribution is 2.35. The van der Waals surface area contributed by atoms with Gasteiger partial charge in [-0.25, -0.2) is 0 Å². The topological polar surface area (TPSA) is 67.9 Å². The molecule has 6 heteroatoms. The first-order valence-electron chi connectivity index (χ1n) is 7.68. The van der Waals surface area contributed by atoms with Crippen molar-refractivity contribution in [3.05, 3.63) is 30.4 Å². The second kappa shape index (κ2) is 6.42. The zero-order valence-corrected chi connectivity index (χ0v) is 13.1. The summed E-state index contributed by atoms with van der Waals surface area (Å²) in [4.78, 5) is 25.9. The number of hydrogen-bond donors (Lipinski definition) is 1. The van der Waals surface area contributed by atoms with Crippen LogP contribution in [0.25, 0.3) is 0 Å². The van der Waals surface area contributed by atoms with Crippen LogP contribution >= 0.6 is 0 Å². The molecule has 0 aliphatic carbocycles. The second-order valence-corrected chi connectivity index (χ2v) is 5.90. The molecule has 1 N–H and O–H groups in total. The van der Waals surface area contributed by atoms with Crippen molar-refractivity contribution in [1.82, 2.24) is 0 Å². The van der Waals surface area contributed by atoms with Crippen molar-refractivity contribution < 1.29 is 19.1 Å². The Labute approximate surface area is 135 Å². The van der Waals surface area contributed by atoms with Crippen LogP contribution in [0.5, 0.6) is 5.75 Å². The summed E-state index contributed by atoms with van der Waals surface area (Å²) in [5.41, 5.74) is 2.14. The number of anilines is 2. The molecule has 2 heterocycles. The van der Waals surface area contributed by atoms with E-state index in [2.05, 4.69) is 11.9 Å². The van der Waals surface area contributed by atoms with E-state index < -0.39 is 6.10 Å². The minimum Gasteiger partial charge on any atom is -0.482 e. The SMILES string of the molecule is C=C(C)CN1C(=O)COc2ccc(NC(=O)C3CCCO3)cc21. The minimum atomic E-state index is -0.393. The Kier molecular flexibility index (Phi) is 4.34. The van der Waals surface area contributed by atoms with E-state index in [9.17, 15) is 9.59 Å². The van der Waals surface area contributed by atoms with Crippen molar-refractivity contribution >= 4 is 23.2 Å². The van der Waals surface area contributed by atoms with Crippen molar-refractivity contribution in [2.45, 2.75) is 25.9 Å². The van der Waals surface area contributed by atoms with E-state index in [1.165, 1.54) is 0 Å². The molecule has 6 nitrogen and oxygen atoms in total. The third kappa shape index (κ3) is 3.37. The number of hydrogen-bond acceptors (Lipinski definition) is 4. The van der Waals surface area contributed by atoms with Gasteiger partial charge in [0.25, 0.3) is 11.8 Å². The standard InChI is InChI=1S/C17H20N2O4/c1-11(2)9-19-13-8-12(5-6-14(13)23-10-16(19)20)18-17(21)15-4-3-7-22-15/h5-6,8,15H,1,3-4,7,9-10H2,2H3,(H,18,21). The summed E-state index contributed by atoms with van der Waals surface area (Å²) in [6.45, 7) is 6.79. The molecule has 1 saturated heterocycles. The highest BCUT2D eigenvalue weighted by molar-refractivity contribution is 6.00. The lowest BCUT2D eigenvalue weighted by Gasteiger charge is -2.30. The monoisotopic (exact) mass is 316 g/mol. The molecule has 1 fully saturated rings. The van der Waals surface area contributed by atoms with E-state index in [0.717, 1.165) is 18.4 Å². The average Bonchev–Trinajstić information content (AvgIpc) is 3.04. The minimum absolute atomic E-state index is 0.0158. The van der Waals surface area contributed by atoms with Crippen molar-refractivity contribution in [2.75, 3.05) is 30.0 Å². The molecule has 0 radical (unpaired) electrons. The maximum absolute atomic E-state index is 12.1. The fourth-order valence-electron chi connectivity index (χ4n) is 2.73. The fraction of sp³-hybridized carbons (Fsp3) is 0.412. The van der Waals surface area contributed by atoms with E-state index in [1.54, 1.807) is 23.1 Å². The van der Waals surface area contributed by atoms with Crippen molar-refractivity contribution in [2.24, 2.45) is 0 Å². The lowest BCUT2D eigenvalue weighted by Crippen LogP contribution is -2.39. The maximum atomic E-state index is 12.1. The lowest BCUT2D eigenvalue weighted by molar-refractivity contribution is -0.124. The first-order valence-corrected chi connectivity index (χ1v) is 7.68. The highest BCUT2D eigenvalue weighted by atomic mass is 16.5. The predicted octanol–water partition coefficient (Wildman–Crippen LogP) is 2.11. The van der Waals surface area contributed by atoms with Gasteiger partial charge in [-0.05, 0) is 38.0 Å². The van der Waals surface area contributed by atoms with Crippen molar-refractivity contribution in [3.63, 3.8) is 0 Å². The van der Waals surface area contributed by atoms with Crippen LogP contribution < -0.4 is 15.0 Å². The first-order chi connectivity index (χ1) is 11.0. The molecule has 2 aliphatic heterocycles. The van der Waals surface area contributed by atoms with Gasteiger partial charge in [0.2, 0.25) is 0 Å². The number of benzene rings is 1. The van der Waals surface area contributed by atoms with E-state index >= 15 is 0 Å². The van der Waals surface area contributed by atoms with Gasteiger partial charge >= 0.3 is 0 Å². The van der Waals surface area contributed by atoms with Crippen LogP contribution in [0.15, 0.2) is 30.4 Å². The zero-order chi connectivity index (χ0) is 16.4. The summed E-state index contributed by atoms with van der Waals surface area (Å²) in [5, 5.41) is 2.84.